The molecule has 0 radical (unpaired) electrons. The summed E-state index contributed by atoms with van der Waals surface area (Å²) in [5.41, 5.74) is 9.06. The molecule has 0 amide bonds. The third-order valence-corrected chi connectivity index (χ3v) is 3.26. The average Bonchev–Trinajstić information content (AvgIpc) is 2.35. The first-order valence-electron chi connectivity index (χ1n) is 5.92. The second kappa shape index (κ2) is 5.89. The molecular weight excluding hydrogens is 244 g/mol. The van der Waals surface area contributed by atoms with E-state index < -0.39 is 0 Å². The van der Waals surface area contributed by atoms with E-state index in [-0.39, 0.29) is 0 Å². The lowest BCUT2D eigenvalue weighted by atomic mass is 10.1. The summed E-state index contributed by atoms with van der Waals surface area (Å²) in [5, 5.41) is 0.811. The van der Waals surface area contributed by atoms with Gasteiger partial charge in [0, 0.05) is 23.8 Å². The number of benzene rings is 2. The Bertz CT molecular complexity index is 478. The Hall–Kier alpha value is -1.51. The molecule has 2 nitrogen and oxygen atoms in total. The fourth-order valence-corrected chi connectivity index (χ4v) is 2.14. The number of nitrogen functional groups attached to an aromatic ring is 1. The van der Waals surface area contributed by atoms with Gasteiger partial charge in [-0.25, -0.2) is 0 Å². The van der Waals surface area contributed by atoms with Gasteiger partial charge >= 0.3 is 0 Å². The Morgan fingerprint density at radius 1 is 0.944 bits per heavy atom. The second-order valence-corrected chi connectivity index (χ2v) is 4.87. The standard InChI is InChI=1S/C15H17ClN2/c1-18(10-12-6-2-4-8-14(12)16)11-13-7-3-5-9-15(13)17/h2-9H,10-11,17H2,1H3. The maximum absolute atomic E-state index is 6.15. The molecule has 2 aromatic carbocycles. The number of anilines is 1. The summed E-state index contributed by atoms with van der Waals surface area (Å²) >= 11 is 6.15. The number of hydrogen-bond donors (Lipinski definition) is 1. The van der Waals surface area contributed by atoms with E-state index >= 15 is 0 Å². The van der Waals surface area contributed by atoms with Crippen molar-refractivity contribution in [3.05, 3.63) is 64.7 Å². The van der Waals surface area contributed by atoms with Crippen molar-refractivity contribution in [1.82, 2.24) is 4.90 Å². The molecule has 0 aliphatic carbocycles. The van der Waals surface area contributed by atoms with Crippen molar-refractivity contribution >= 4 is 17.3 Å². The summed E-state index contributed by atoms with van der Waals surface area (Å²) in [4.78, 5) is 2.20. The molecule has 18 heavy (non-hydrogen) atoms. The topological polar surface area (TPSA) is 29.3 Å². The van der Waals surface area contributed by atoms with Crippen molar-refractivity contribution in [3.8, 4) is 0 Å². The molecule has 0 heterocycles. The summed E-state index contributed by atoms with van der Waals surface area (Å²) in [7, 11) is 2.07. The van der Waals surface area contributed by atoms with Crippen molar-refractivity contribution in [2.45, 2.75) is 13.1 Å². The van der Waals surface area contributed by atoms with E-state index in [0.717, 1.165) is 34.9 Å². The monoisotopic (exact) mass is 260 g/mol. The number of halogens is 1. The summed E-state index contributed by atoms with van der Waals surface area (Å²) in [6.45, 7) is 1.63. The third-order valence-electron chi connectivity index (χ3n) is 2.89. The number of nitrogens with two attached hydrogens (primary N) is 1. The molecular formula is C15H17ClN2. The highest BCUT2D eigenvalue weighted by molar-refractivity contribution is 6.31. The van der Waals surface area contributed by atoms with E-state index in [0.29, 0.717) is 0 Å². The van der Waals surface area contributed by atoms with Gasteiger partial charge in [-0.05, 0) is 30.3 Å². The minimum atomic E-state index is 0.811. The van der Waals surface area contributed by atoms with Crippen molar-refractivity contribution in [1.29, 1.82) is 0 Å². The maximum atomic E-state index is 6.15. The highest BCUT2D eigenvalue weighted by Crippen LogP contribution is 2.18. The number of rotatable bonds is 4. The zero-order chi connectivity index (χ0) is 13.0. The van der Waals surface area contributed by atoms with Gasteiger partial charge in [0.2, 0.25) is 0 Å². The molecule has 0 aliphatic heterocycles. The Kier molecular flexibility index (Phi) is 4.24. The molecule has 0 atom stereocenters. The van der Waals surface area contributed by atoms with Crippen molar-refractivity contribution in [3.63, 3.8) is 0 Å². The van der Waals surface area contributed by atoms with Crippen LogP contribution in [0.3, 0.4) is 0 Å². The lowest BCUT2D eigenvalue weighted by Crippen LogP contribution is -2.18. The van der Waals surface area contributed by atoms with Gasteiger partial charge in [0.25, 0.3) is 0 Å². The first-order chi connectivity index (χ1) is 8.66. The quantitative estimate of drug-likeness (QED) is 0.852. The Morgan fingerprint density at radius 3 is 2.17 bits per heavy atom. The summed E-state index contributed by atoms with van der Waals surface area (Å²) in [6, 6.07) is 15.9. The lowest BCUT2D eigenvalue weighted by molar-refractivity contribution is 0.319. The highest BCUT2D eigenvalue weighted by Gasteiger charge is 2.06. The van der Waals surface area contributed by atoms with Gasteiger partial charge in [-0.15, -0.1) is 0 Å². The molecule has 0 unspecified atom stereocenters. The van der Waals surface area contributed by atoms with Crippen LogP contribution in [0.25, 0.3) is 0 Å². The van der Waals surface area contributed by atoms with Crippen LogP contribution in [0.2, 0.25) is 5.02 Å². The zero-order valence-corrected chi connectivity index (χ0v) is 11.2. The van der Waals surface area contributed by atoms with E-state index in [4.69, 9.17) is 17.3 Å². The molecule has 0 aromatic heterocycles. The minimum Gasteiger partial charge on any atom is -0.398 e. The molecule has 2 rings (SSSR count). The highest BCUT2D eigenvalue weighted by atomic mass is 35.5. The molecule has 2 aromatic rings. The second-order valence-electron chi connectivity index (χ2n) is 4.46. The number of hydrogen-bond acceptors (Lipinski definition) is 2. The van der Waals surface area contributed by atoms with Gasteiger partial charge < -0.3 is 5.73 Å². The largest absolute Gasteiger partial charge is 0.398 e. The number of nitrogens with zero attached hydrogens (tertiary/aromatic N) is 1. The summed E-state index contributed by atoms with van der Waals surface area (Å²) in [6.07, 6.45) is 0. The molecule has 0 spiro atoms. The SMILES string of the molecule is CN(Cc1ccccc1N)Cc1ccccc1Cl. The molecule has 2 N–H and O–H groups in total. The zero-order valence-electron chi connectivity index (χ0n) is 10.4. The normalized spacial score (nSPS) is 10.8. The summed E-state index contributed by atoms with van der Waals surface area (Å²) < 4.78 is 0. The van der Waals surface area contributed by atoms with Crippen LogP contribution in [0.5, 0.6) is 0 Å². The van der Waals surface area contributed by atoms with Gasteiger partial charge in [0.1, 0.15) is 0 Å². The van der Waals surface area contributed by atoms with Gasteiger partial charge in [-0.3, -0.25) is 4.90 Å². The van der Waals surface area contributed by atoms with Gasteiger partial charge in [-0.1, -0.05) is 48.0 Å². The van der Waals surface area contributed by atoms with E-state index in [1.807, 2.05) is 42.5 Å². The Morgan fingerprint density at radius 2 is 1.50 bits per heavy atom. The van der Waals surface area contributed by atoms with Crippen LogP contribution in [0.15, 0.2) is 48.5 Å². The van der Waals surface area contributed by atoms with Crippen LogP contribution in [0.4, 0.5) is 5.69 Å². The summed E-state index contributed by atoms with van der Waals surface area (Å²) in [5.74, 6) is 0. The van der Waals surface area contributed by atoms with Crippen LogP contribution >= 0.6 is 11.6 Å². The minimum absolute atomic E-state index is 0.811. The van der Waals surface area contributed by atoms with Crippen molar-refractivity contribution in [2.24, 2.45) is 0 Å². The molecule has 0 saturated heterocycles. The van der Waals surface area contributed by atoms with Crippen LogP contribution in [-0.2, 0) is 13.1 Å². The van der Waals surface area contributed by atoms with E-state index in [1.165, 1.54) is 0 Å². The Labute approximate surface area is 113 Å². The predicted octanol–water partition coefficient (Wildman–Crippen LogP) is 3.55. The molecule has 0 saturated carbocycles. The van der Waals surface area contributed by atoms with Crippen molar-refractivity contribution < 1.29 is 0 Å². The first kappa shape index (κ1) is 12.9. The smallest absolute Gasteiger partial charge is 0.0451 e. The van der Waals surface area contributed by atoms with E-state index in [1.54, 1.807) is 0 Å². The van der Waals surface area contributed by atoms with Gasteiger partial charge in [-0.2, -0.15) is 0 Å². The van der Waals surface area contributed by atoms with E-state index in [9.17, 15) is 0 Å². The van der Waals surface area contributed by atoms with Crippen LogP contribution in [-0.4, -0.2) is 11.9 Å². The van der Waals surface area contributed by atoms with Gasteiger partial charge in [0.15, 0.2) is 0 Å². The lowest BCUT2D eigenvalue weighted by Gasteiger charge is -2.18. The molecule has 94 valence electrons. The fraction of sp³-hybridized carbons (Fsp3) is 0.200. The average molecular weight is 261 g/mol. The molecule has 3 heteroatoms. The fourth-order valence-electron chi connectivity index (χ4n) is 1.94. The number of para-hydroxylation sites is 1. The van der Waals surface area contributed by atoms with E-state index in [2.05, 4.69) is 18.0 Å². The maximum Gasteiger partial charge on any atom is 0.0451 e. The third kappa shape index (κ3) is 3.25. The van der Waals surface area contributed by atoms with Crippen molar-refractivity contribution in [2.75, 3.05) is 12.8 Å². The van der Waals surface area contributed by atoms with Crippen LogP contribution in [0, 0.1) is 0 Å². The molecule has 0 bridgehead atoms. The Balaban J connectivity index is 2.04. The van der Waals surface area contributed by atoms with Crippen LogP contribution in [0.1, 0.15) is 11.1 Å². The first-order valence-corrected chi connectivity index (χ1v) is 6.30. The predicted molar refractivity (Wildman–Crippen MR) is 77.5 cm³/mol. The van der Waals surface area contributed by atoms with Crippen LogP contribution < -0.4 is 5.73 Å². The molecule has 0 fully saturated rings. The van der Waals surface area contributed by atoms with Gasteiger partial charge in [0.05, 0.1) is 0 Å². The molecule has 0 aliphatic rings.